The van der Waals surface area contributed by atoms with E-state index in [1.807, 2.05) is 6.07 Å². The van der Waals surface area contributed by atoms with Crippen LogP contribution >= 0.6 is 11.6 Å². The second-order valence-electron chi connectivity index (χ2n) is 5.85. The highest BCUT2D eigenvalue weighted by Gasteiger charge is 2.17. The first kappa shape index (κ1) is 21.8. The fourth-order valence-corrected chi connectivity index (χ4v) is 2.51. The van der Waals surface area contributed by atoms with Gasteiger partial charge >= 0.3 is 5.97 Å². The number of rotatable bonds is 7. The van der Waals surface area contributed by atoms with Crippen LogP contribution in [0.5, 0.6) is 11.5 Å². The Hall–Kier alpha value is -3.50. The Morgan fingerprint density at radius 2 is 1.79 bits per heavy atom. The maximum Gasteiger partial charge on any atom is 0.331 e. The Morgan fingerprint density at radius 3 is 2.34 bits per heavy atom. The van der Waals surface area contributed by atoms with Gasteiger partial charge in [-0.25, -0.2) is 4.79 Å². The minimum Gasteiger partial charge on any atom is -0.497 e. The highest BCUT2D eigenvalue weighted by atomic mass is 35.5. The van der Waals surface area contributed by atoms with E-state index in [2.05, 4.69) is 5.32 Å². The summed E-state index contributed by atoms with van der Waals surface area (Å²) in [4.78, 5) is 24.2. The first-order valence-electron chi connectivity index (χ1n) is 8.48. The second-order valence-corrected chi connectivity index (χ2v) is 6.26. The molecule has 0 aliphatic rings. The van der Waals surface area contributed by atoms with Crippen LogP contribution in [0.15, 0.2) is 42.5 Å². The Labute approximate surface area is 173 Å². The van der Waals surface area contributed by atoms with Gasteiger partial charge in [0.15, 0.2) is 6.10 Å². The summed E-state index contributed by atoms with van der Waals surface area (Å²) in [5.41, 5.74) is 1.35. The number of methoxy groups -OCH3 is 2. The molecule has 0 radical (unpaired) electrons. The predicted octanol–water partition coefficient (Wildman–Crippen LogP) is 3.81. The summed E-state index contributed by atoms with van der Waals surface area (Å²) in [5.74, 6) is -0.0692. The number of nitriles is 1. The molecule has 8 heteroatoms. The summed E-state index contributed by atoms with van der Waals surface area (Å²) < 4.78 is 15.4. The topological polar surface area (TPSA) is 97.6 Å². The molecule has 0 bridgehead atoms. The molecule has 0 heterocycles. The Balaban J connectivity index is 1.97. The number of nitrogens with one attached hydrogen (secondary N) is 1. The number of hydrogen-bond donors (Lipinski definition) is 1. The third-order valence-electron chi connectivity index (χ3n) is 3.80. The molecule has 0 saturated carbocycles. The van der Waals surface area contributed by atoms with Gasteiger partial charge in [0.25, 0.3) is 5.91 Å². The molecule has 2 rings (SSSR count). The minimum atomic E-state index is -1.04. The van der Waals surface area contributed by atoms with Crippen molar-refractivity contribution in [2.45, 2.75) is 13.0 Å². The number of halogens is 1. The molecule has 1 N–H and O–H groups in total. The van der Waals surface area contributed by atoms with Crippen molar-refractivity contribution in [2.75, 3.05) is 19.5 Å². The molecule has 0 spiro atoms. The molecular weight excluding hydrogens is 396 g/mol. The monoisotopic (exact) mass is 414 g/mol. The van der Waals surface area contributed by atoms with Crippen molar-refractivity contribution in [1.29, 1.82) is 5.26 Å². The number of carbonyl (C=O) groups excluding carboxylic acids is 2. The summed E-state index contributed by atoms with van der Waals surface area (Å²) in [6, 6.07) is 11.5. The van der Waals surface area contributed by atoms with E-state index < -0.39 is 18.0 Å². The van der Waals surface area contributed by atoms with Crippen molar-refractivity contribution < 1.29 is 23.8 Å². The number of carbonyl (C=O) groups is 2. The van der Waals surface area contributed by atoms with Crippen molar-refractivity contribution in [1.82, 2.24) is 0 Å². The van der Waals surface area contributed by atoms with Crippen molar-refractivity contribution in [3.05, 3.63) is 58.6 Å². The maximum atomic E-state index is 12.2. The minimum absolute atomic E-state index is 0.214. The standard InChI is InChI=1S/C21H19ClN2O5/c1-13(21(26)24-16-6-5-15(12-23)19(22)10-16)29-20(25)7-4-14-8-17(27-2)11-18(9-14)28-3/h4-11,13H,1-3H3,(H,24,26)/b7-4+/t13-/m1/s1. The molecule has 0 aliphatic carbocycles. The van der Waals surface area contributed by atoms with Gasteiger partial charge in [-0.3, -0.25) is 4.79 Å². The van der Waals surface area contributed by atoms with Crippen LogP contribution in [-0.2, 0) is 14.3 Å². The van der Waals surface area contributed by atoms with Crippen molar-refractivity contribution >= 4 is 35.2 Å². The van der Waals surface area contributed by atoms with Crippen LogP contribution in [0.3, 0.4) is 0 Å². The largest absolute Gasteiger partial charge is 0.497 e. The lowest BCUT2D eigenvalue weighted by Gasteiger charge is -2.12. The highest BCUT2D eigenvalue weighted by Crippen LogP contribution is 2.23. The van der Waals surface area contributed by atoms with Crippen LogP contribution in [0, 0.1) is 11.3 Å². The molecule has 0 unspecified atom stereocenters. The molecule has 0 aliphatic heterocycles. The molecule has 0 saturated heterocycles. The third-order valence-corrected chi connectivity index (χ3v) is 4.12. The third kappa shape index (κ3) is 6.26. The highest BCUT2D eigenvalue weighted by molar-refractivity contribution is 6.32. The SMILES string of the molecule is COc1cc(/C=C/C(=O)O[C@H](C)C(=O)Nc2ccc(C#N)c(Cl)c2)cc(OC)c1. The maximum absolute atomic E-state index is 12.2. The zero-order valence-electron chi connectivity index (χ0n) is 16.1. The number of amides is 1. The lowest BCUT2D eigenvalue weighted by molar-refractivity contribution is -0.148. The Morgan fingerprint density at radius 1 is 1.14 bits per heavy atom. The van der Waals surface area contributed by atoms with Crippen LogP contribution in [0.4, 0.5) is 5.69 Å². The summed E-state index contributed by atoms with van der Waals surface area (Å²) in [7, 11) is 3.05. The van der Waals surface area contributed by atoms with E-state index in [-0.39, 0.29) is 5.02 Å². The van der Waals surface area contributed by atoms with E-state index in [0.717, 1.165) is 0 Å². The van der Waals surface area contributed by atoms with Crippen molar-refractivity contribution in [2.24, 2.45) is 0 Å². The number of hydrogen-bond acceptors (Lipinski definition) is 6. The number of nitrogens with zero attached hydrogens (tertiary/aromatic N) is 1. The van der Waals surface area contributed by atoms with E-state index in [9.17, 15) is 9.59 Å². The molecule has 29 heavy (non-hydrogen) atoms. The average molecular weight is 415 g/mol. The summed E-state index contributed by atoms with van der Waals surface area (Å²) in [6.07, 6.45) is 1.69. The molecule has 7 nitrogen and oxygen atoms in total. The van der Waals surface area contributed by atoms with Crippen LogP contribution in [0.2, 0.25) is 5.02 Å². The Bertz CT molecular complexity index is 959. The summed E-state index contributed by atoms with van der Waals surface area (Å²) in [6.45, 7) is 1.45. The predicted molar refractivity (Wildman–Crippen MR) is 109 cm³/mol. The smallest absolute Gasteiger partial charge is 0.331 e. The van der Waals surface area contributed by atoms with E-state index in [4.69, 9.17) is 31.1 Å². The van der Waals surface area contributed by atoms with E-state index in [1.165, 1.54) is 51.5 Å². The quantitative estimate of drug-likeness (QED) is 0.546. The van der Waals surface area contributed by atoms with Gasteiger partial charge in [-0.1, -0.05) is 11.6 Å². The molecule has 0 fully saturated rings. The van der Waals surface area contributed by atoms with Gasteiger partial charge in [0.05, 0.1) is 24.8 Å². The van der Waals surface area contributed by atoms with E-state index >= 15 is 0 Å². The molecule has 2 aromatic rings. The average Bonchev–Trinajstić information content (AvgIpc) is 2.72. The summed E-state index contributed by atoms with van der Waals surface area (Å²) >= 11 is 5.93. The summed E-state index contributed by atoms with van der Waals surface area (Å²) in [5, 5.41) is 11.7. The molecule has 0 aromatic heterocycles. The fraction of sp³-hybridized carbons (Fsp3) is 0.190. The van der Waals surface area contributed by atoms with Gasteiger partial charge in [0, 0.05) is 17.8 Å². The van der Waals surface area contributed by atoms with Crippen LogP contribution in [0.1, 0.15) is 18.1 Å². The zero-order valence-corrected chi connectivity index (χ0v) is 16.8. The van der Waals surface area contributed by atoms with Gasteiger partial charge in [-0.2, -0.15) is 5.26 Å². The lowest BCUT2D eigenvalue weighted by Crippen LogP contribution is -2.29. The first-order chi connectivity index (χ1) is 13.9. The Kier molecular flexibility index (Phi) is 7.63. The van der Waals surface area contributed by atoms with E-state index in [0.29, 0.717) is 28.3 Å². The fourth-order valence-electron chi connectivity index (χ4n) is 2.28. The van der Waals surface area contributed by atoms with Gasteiger partial charge < -0.3 is 19.5 Å². The number of ether oxygens (including phenoxy) is 3. The molecule has 1 amide bonds. The molecule has 150 valence electrons. The van der Waals surface area contributed by atoms with Gasteiger partial charge in [-0.15, -0.1) is 0 Å². The lowest BCUT2D eigenvalue weighted by atomic mass is 10.2. The van der Waals surface area contributed by atoms with Gasteiger partial charge in [0.2, 0.25) is 0 Å². The zero-order chi connectivity index (χ0) is 21.4. The van der Waals surface area contributed by atoms with Crippen molar-refractivity contribution in [3.63, 3.8) is 0 Å². The van der Waals surface area contributed by atoms with Gasteiger partial charge in [-0.05, 0) is 48.9 Å². The van der Waals surface area contributed by atoms with Gasteiger partial charge in [0.1, 0.15) is 17.6 Å². The first-order valence-corrected chi connectivity index (χ1v) is 8.86. The second kappa shape index (κ2) is 10.2. The van der Waals surface area contributed by atoms with Crippen molar-refractivity contribution in [3.8, 4) is 17.6 Å². The molecule has 1 atom stereocenters. The molecular formula is C21H19ClN2O5. The van der Waals surface area contributed by atoms with E-state index in [1.54, 1.807) is 18.2 Å². The molecule has 2 aromatic carbocycles. The van der Waals surface area contributed by atoms with Crippen LogP contribution < -0.4 is 14.8 Å². The number of anilines is 1. The normalized spacial score (nSPS) is 11.4. The number of esters is 1. The number of benzene rings is 2. The van der Waals surface area contributed by atoms with Crippen LogP contribution in [-0.4, -0.2) is 32.2 Å². The van der Waals surface area contributed by atoms with Crippen LogP contribution in [0.25, 0.3) is 6.08 Å².